The zero-order valence-electron chi connectivity index (χ0n) is 17.1. The standard InChI is InChI=1S/C22H33BrN2O3/c1-27-20-7-8-21(23)18(14-20)13-17-10-12-25(15-17)11-9-16-3-5-19(6-4-16)24-22(26)28-2/h7-8,14,16-17,19H,3-6,9-13,15H2,1-2H3,(H,24,26)/t16-,17?,19-. The van der Waals surface area contributed by atoms with Gasteiger partial charge >= 0.3 is 6.09 Å². The average molecular weight is 453 g/mol. The van der Waals surface area contributed by atoms with Crippen molar-refractivity contribution in [2.75, 3.05) is 33.9 Å². The minimum absolute atomic E-state index is 0.293. The summed E-state index contributed by atoms with van der Waals surface area (Å²) < 4.78 is 11.3. The molecule has 1 saturated heterocycles. The predicted octanol–water partition coefficient (Wildman–Crippen LogP) is 4.63. The van der Waals surface area contributed by atoms with Crippen LogP contribution in [0, 0.1) is 11.8 Å². The van der Waals surface area contributed by atoms with Gasteiger partial charge in [-0.25, -0.2) is 4.79 Å². The third kappa shape index (κ3) is 6.11. The number of rotatable bonds is 7. The quantitative estimate of drug-likeness (QED) is 0.654. The number of carbonyl (C=O) groups is 1. The summed E-state index contributed by atoms with van der Waals surface area (Å²) in [7, 11) is 3.15. The van der Waals surface area contributed by atoms with Crippen molar-refractivity contribution < 1.29 is 14.3 Å². The van der Waals surface area contributed by atoms with E-state index in [0.29, 0.717) is 6.04 Å². The predicted molar refractivity (Wildman–Crippen MR) is 115 cm³/mol. The third-order valence-corrected chi connectivity index (χ3v) is 7.11. The molecule has 1 saturated carbocycles. The molecule has 1 heterocycles. The molecule has 5 nitrogen and oxygen atoms in total. The maximum absolute atomic E-state index is 11.3. The number of methoxy groups -OCH3 is 2. The molecule has 2 fully saturated rings. The number of carbonyl (C=O) groups excluding carboxylic acids is 1. The minimum atomic E-state index is -0.297. The summed E-state index contributed by atoms with van der Waals surface area (Å²) in [5.41, 5.74) is 1.35. The number of benzene rings is 1. The van der Waals surface area contributed by atoms with Crippen molar-refractivity contribution in [3.05, 3.63) is 28.2 Å². The van der Waals surface area contributed by atoms with Gasteiger partial charge in [0.1, 0.15) is 5.75 Å². The van der Waals surface area contributed by atoms with Crippen molar-refractivity contribution in [2.24, 2.45) is 11.8 Å². The first-order valence-electron chi connectivity index (χ1n) is 10.5. The first kappa shape index (κ1) is 21.4. The Morgan fingerprint density at radius 1 is 1.18 bits per heavy atom. The fourth-order valence-corrected chi connectivity index (χ4v) is 5.02. The Hall–Kier alpha value is -1.27. The highest BCUT2D eigenvalue weighted by atomic mass is 79.9. The molecule has 2 aliphatic rings. The molecule has 0 radical (unpaired) electrons. The van der Waals surface area contributed by atoms with E-state index >= 15 is 0 Å². The smallest absolute Gasteiger partial charge is 0.407 e. The van der Waals surface area contributed by atoms with Crippen LogP contribution in [0.1, 0.15) is 44.1 Å². The van der Waals surface area contributed by atoms with Gasteiger partial charge in [0.05, 0.1) is 14.2 Å². The Balaban J connectivity index is 1.37. The van der Waals surface area contributed by atoms with Crippen LogP contribution in [-0.2, 0) is 11.2 Å². The van der Waals surface area contributed by atoms with Crippen LogP contribution >= 0.6 is 15.9 Å². The molecule has 28 heavy (non-hydrogen) atoms. The highest BCUT2D eigenvalue weighted by Gasteiger charge is 2.26. The number of hydrogen-bond donors (Lipinski definition) is 1. The number of amides is 1. The third-order valence-electron chi connectivity index (χ3n) is 6.34. The second-order valence-electron chi connectivity index (χ2n) is 8.26. The summed E-state index contributed by atoms with van der Waals surface area (Å²) in [6, 6.07) is 6.55. The maximum Gasteiger partial charge on any atom is 0.407 e. The zero-order chi connectivity index (χ0) is 19.9. The van der Waals surface area contributed by atoms with Crippen LogP contribution in [0.25, 0.3) is 0 Å². The van der Waals surface area contributed by atoms with Crippen molar-refractivity contribution in [1.82, 2.24) is 10.2 Å². The van der Waals surface area contributed by atoms with Crippen LogP contribution in [0.5, 0.6) is 5.75 Å². The Morgan fingerprint density at radius 3 is 2.68 bits per heavy atom. The van der Waals surface area contributed by atoms with Crippen molar-refractivity contribution in [3.8, 4) is 5.75 Å². The summed E-state index contributed by atoms with van der Waals surface area (Å²) in [5, 5.41) is 2.94. The molecule has 156 valence electrons. The fraction of sp³-hybridized carbons (Fsp3) is 0.682. The van der Waals surface area contributed by atoms with Gasteiger partial charge in [0.15, 0.2) is 0 Å². The summed E-state index contributed by atoms with van der Waals surface area (Å²) in [6.45, 7) is 3.62. The van der Waals surface area contributed by atoms with E-state index in [0.717, 1.165) is 36.8 Å². The molecule has 1 aromatic carbocycles. The SMILES string of the molecule is COC(=O)N[C@H]1CC[C@H](CCN2CCC(Cc3cc(OC)ccc3Br)C2)CC1. The van der Waals surface area contributed by atoms with Gasteiger partial charge in [-0.1, -0.05) is 15.9 Å². The molecule has 1 unspecified atom stereocenters. The highest BCUT2D eigenvalue weighted by molar-refractivity contribution is 9.10. The molecule has 0 bridgehead atoms. The normalized spacial score (nSPS) is 25.5. The van der Waals surface area contributed by atoms with Gasteiger partial charge in [-0.15, -0.1) is 0 Å². The van der Waals surface area contributed by atoms with Gasteiger partial charge in [0, 0.05) is 17.1 Å². The van der Waals surface area contributed by atoms with Crippen LogP contribution in [0.15, 0.2) is 22.7 Å². The van der Waals surface area contributed by atoms with E-state index in [1.54, 1.807) is 7.11 Å². The molecule has 1 aromatic rings. The van der Waals surface area contributed by atoms with Crippen LogP contribution in [0.3, 0.4) is 0 Å². The molecular formula is C22H33BrN2O3. The summed E-state index contributed by atoms with van der Waals surface area (Å²) >= 11 is 3.69. The van der Waals surface area contributed by atoms with E-state index in [1.807, 2.05) is 6.07 Å². The number of nitrogens with zero attached hydrogens (tertiary/aromatic N) is 1. The van der Waals surface area contributed by atoms with Gasteiger partial charge < -0.3 is 19.7 Å². The molecule has 3 rings (SSSR count). The Bertz CT molecular complexity index is 647. The number of halogens is 1. The summed E-state index contributed by atoms with van der Waals surface area (Å²) in [4.78, 5) is 14.0. The summed E-state index contributed by atoms with van der Waals surface area (Å²) in [6.07, 6.45) is 7.94. The van der Waals surface area contributed by atoms with Crippen LogP contribution < -0.4 is 10.1 Å². The largest absolute Gasteiger partial charge is 0.497 e. The first-order chi connectivity index (χ1) is 13.6. The van der Waals surface area contributed by atoms with Crippen molar-refractivity contribution in [1.29, 1.82) is 0 Å². The number of hydrogen-bond acceptors (Lipinski definition) is 4. The zero-order valence-corrected chi connectivity index (χ0v) is 18.7. The molecule has 0 aromatic heterocycles. The van der Waals surface area contributed by atoms with E-state index in [1.165, 1.54) is 62.5 Å². The Morgan fingerprint density at radius 2 is 1.96 bits per heavy atom. The van der Waals surface area contributed by atoms with Crippen LogP contribution in [0.2, 0.25) is 0 Å². The van der Waals surface area contributed by atoms with Crippen LogP contribution in [-0.4, -0.2) is 50.9 Å². The molecule has 0 spiro atoms. The monoisotopic (exact) mass is 452 g/mol. The number of ether oxygens (including phenoxy) is 2. The van der Waals surface area contributed by atoms with Crippen molar-refractivity contribution in [2.45, 2.75) is 51.0 Å². The average Bonchev–Trinajstić information content (AvgIpc) is 3.16. The van der Waals surface area contributed by atoms with E-state index in [9.17, 15) is 4.79 Å². The second kappa shape index (κ2) is 10.5. The van der Waals surface area contributed by atoms with E-state index < -0.39 is 0 Å². The van der Waals surface area contributed by atoms with E-state index in [4.69, 9.17) is 9.47 Å². The molecular weight excluding hydrogens is 420 g/mol. The summed E-state index contributed by atoms with van der Waals surface area (Å²) in [5.74, 6) is 2.45. The lowest BCUT2D eigenvalue weighted by atomic mass is 9.84. The number of alkyl carbamates (subject to hydrolysis) is 1. The Labute approximate surface area is 177 Å². The van der Waals surface area contributed by atoms with E-state index in [2.05, 4.69) is 38.3 Å². The van der Waals surface area contributed by atoms with Gasteiger partial charge in [-0.3, -0.25) is 0 Å². The first-order valence-corrected chi connectivity index (χ1v) is 11.3. The lowest BCUT2D eigenvalue weighted by molar-refractivity contribution is 0.159. The second-order valence-corrected chi connectivity index (χ2v) is 9.11. The van der Waals surface area contributed by atoms with Crippen LogP contribution in [0.4, 0.5) is 4.79 Å². The van der Waals surface area contributed by atoms with Crippen molar-refractivity contribution >= 4 is 22.0 Å². The van der Waals surface area contributed by atoms with Gasteiger partial charge in [0.2, 0.25) is 0 Å². The van der Waals surface area contributed by atoms with Gasteiger partial charge in [-0.2, -0.15) is 0 Å². The molecule has 1 atom stereocenters. The van der Waals surface area contributed by atoms with Crippen molar-refractivity contribution in [3.63, 3.8) is 0 Å². The van der Waals surface area contributed by atoms with Gasteiger partial charge in [0.25, 0.3) is 0 Å². The lowest BCUT2D eigenvalue weighted by Crippen LogP contribution is -2.38. The lowest BCUT2D eigenvalue weighted by Gasteiger charge is -2.29. The number of nitrogens with one attached hydrogen (secondary N) is 1. The highest BCUT2D eigenvalue weighted by Crippen LogP contribution is 2.30. The fourth-order valence-electron chi connectivity index (χ4n) is 4.61. The van der Waals surface area contributed by atoms with Gasteiger partial charge in [-0.05, 0) is 93.6 Å². The Kier molecular flexibility index (Phi) is 8.03. The molecule has 1 aliphatic carbocycles. The maximum atomic E-state index is 11.3. The minimum Gasteiger partial charge on any atom is -0.497 e. The molecule has 1 aliphatic heterocycles. The molecule has 6 heteroatoms. The number of likely N-dealkylation sites (tertiary alicyclic amines) is 1. The molecule has 1 N–H and O–H groups in total. The topological polar surface area (TPSA) is 50.8 Å². The molecule has 1 amide bonds. The van der Waals surface area contributed by atoms with E-state index in [-0.39, 0.29) is 6.09 Å².